The molecular weight excluding hydrogens is 246 g/mol. The number of carboxylic acids is 1. The van der Waals surface area contributed by atoms with E-state index >= 15 is 0 Å². The number of aromatic nitrogens is 2. The van der Waals surface area contributed by atoms with Crippen molar-refractivity contribution >= 4 is 11.8 Å². The van der Waals surface area contributed by atoms with Crippen LogP contribution in [0.1, 0.15) is 37.7 Å². The van der Waals surface area contributed by atoms with Crippen LogP contribution in [0.25, 0.3) is 0 Å². The third kappa shape index (κ3) is 2.68. The molecule has 1 aromatic heterocycles. The first-order valence-electron chi connectivity index (χ1n) is 6.40. The van der Waals surface area contributed by atoms with E-state index in [0.717, 1.165) is 6.42 Å². The summed E-state index contributed by atoms with van der Waals surface area (Å²) < 4.78 is 5.66. The Balaban J connectivity index is 1.97. The number of aromatic carboxylic acids is 1. The van der Waals surface area contributed by atoms with E-state index < -0.39 is 5.97 Å². The second-order valence-electron chi connectivity index (χ2n) is 5.31. The smallest absolute Gasteiger partial charge is 0.356 e. The molecule has 104 valence electrons. The fraction of sp³-hybridized carbons (Fsp3) is 0.615. The van der Waals surface area contributed by atoms with Crippen molar-refractivity contribution in [2.45, 2.75) is 39.3 Å². The molecule has 1 aliphatic rings. The van der Waals surface area contributed by atoms with Gasteiger partial charge in [0.25, 0.3) is 0 Å². The van der Waals surface area contributed by atoms with Crippen LogP contribution in [-0.2, 0) is 4.74 Å². The number of carbonyl (C=O) groups is 1. The van der Waals surface area contributed by atoms with Gasteiger partial charge in [-0.25, -0.2) is 4.79 Å². The summed E-state index contributed by atoms with van der Waals surface area (Å²) in [5, 5.41) is 19.6. The monoisotopic (exact) mass is 265 g/mol. The van der Waals surface area contributed by atoms with E-state index in [-0.39, 0.29) is 23.3 Å². The van der Waals surface area contributed by atoms with E-state index in [4.69, 9.17) is 9.84 Å². The van der Waals surface area contributed by atoms with Gasteiger partial charge in [0.05, 0.1) is 6.10 Å². The van der Waals surface area contributed by atoms with E-state index in [2.05, 4.69) is 29.4 Å². The van der Waals surface area contributed by atoms with Crippen LogP contribution in [0.15, 0.2) is 12.1 Å². The average molecular weight is 265 g/mol. The number of nitrogens with one attached hydrogen (secondary N) is 1. The zero-order valence-electron chi connectivity index (χ0n) is 11.4. The maximum atomic E-state index is 10.7. The SMILES string of the molecule is CCOC1CC(Nc2ccc(C(=O)O)nn2)C1(C)C. The number of ether oxygens (including phenoxy) is 1. The molecule has 6 nitrogen and oxygen atoms in total. The van der Waals surface area contributed by atoms with Gasteiger partial charge in [0.1, 0.15) is 5.82 Å². The molecule has 0 aromatic carbocycles. The van der Waals surface area contributed by atoms with Crippen molar-refractivity contribution in [3.8, 4) is 0 Å². The minimum absolute atomic E-state index is 0.0309. The van der Waals surface area contributed by atoms with E-state index in [1.165, 1.54) is 6.07 Å². The highest BCUT2D eigenvalue weighted by atomic mass is 16.5. The summed E-state index contributed by atoms with van der Waals surface area (Å²) >= 11 is 0. The lowest BCUT2D eigenvalue weighted by Crippen LogP contribution is -2.58. The van der Waals surface area contributed by atoms with Crippen molar-refractivity contribution in [3.05, 3.63) is 17.8 Å². The first-order valence-corrected chi connectivity index (χ1v) is 6.40. The number of rotatable bonds is 5. The van der Waals surface area contributed by atoms with Crippen LogP contribution in [0, 0.1) is 5.41 Å². The molecule has 1 aromatic rings. The predicted octanol–water partition coefficient (Wildman–Crippen LogP) is 1.79. The maximum Gasteiger partial charge on any atom is 0.356 e. The molecule has 1 saturated carbocycles. The Morgan fingerprint density at radius 1 is 1.53 bits per heavy atom. The lowest BCUT2D eigenvalue weighted by Gasteiger charge is -2.51. The third-order valence-electron chi connectivity index (χ3n) is 3.75. The predicted molar refractivity (Wildman–Crippen MR) is 70.2 cm³/mol. The van der Waals surface area contributed by atoms with Crippen LogP contribution in [0.3, 0.4) is 0 Å². The Labute approximate surface area is 112 Å². The van der Waals surface area contributed by atoms with Gasteiger partial charge in [0.2, 0.25) is 0 Å². The van der Waals surface area contributed by atoms with Crippen molar-refractivity contribution in [3.63, 3.8) is 0 Å². The van der Waals surface area contributed by atoms with Gasteiger partial charge in [-0.15, -0.1) is 10.2 Å². The molecule has 0 bridgehead atoms. The number of carboxylic acid groups (broad SMARTS) is 1. The van der Waals surface area contributed by atoms with Crippen molar-refractivity contribution in [1.29, 1.82) is 0 Å². The summed E-state index contributed by atoms with van der Waals surface area (Å²) in [6, 6.07) is 3.35. The molecule has 2 N–H and O–H groups in total. The molecule has 0 aliphatic heterocycles. The molecule has 0 saturated heterocycles. The summed E-state index contributed by atoms with van der Waals surface area (Å²) in [5.41, 5.74) is -0.0194. The molecule has 0 amide bonds. The highest BCUT2D eigenvalue weighted by Gasteiger charge is 2.49. The van der Waals surface area contributed by atoms with Crippen LogP contribution >= 0.6 is 0 Å². The van der Waals surface area contributed by atoms with Crippen molar-refractivity contribution in [2.24, 2.45) is 5.41 Å². The summed E-state index contributed by atoms with van der Waals surface area (Å²) in [4.78, 5) is 10.7. The molecular formula is C13H19N3O3. The highest BCUT2D eigenvalue weighted by molar-refractivity contribution is 5.85. The molecule has 1 fully saturated rings. The lowest BCUT2D eigenvalue weighted by molar-refractivity contribution is -0.0976. The number of anilines is 1. The van der Waals surface area contributed by atoms with Gasteiger partial charge >= 0.3 is 5.97 Å². The minimum atomic E-state index is -1.07. The molecule has 6 heteroatoms. The molecule has 2 unspecified atom stereocenters. The van der Waals surface area contributed by atoms with Gasteiger partial charge in [0, 0.05) is 18.1 Å². The number of hydrogen-bond donors (Lipinski definition) is 2. The third-order valence-corrected chi connectivity index (χ3v) is 3.75. The average Bonchev–Trinajstić information content (AvgIpc) is 2.38. The van der Waals surface area contributed by atoms with Crippen molar-refractivity contribution in [1.82, 2.24) is 10.2 Å². The summed E-state index contributed by atoms with van der Waals surface area (Å²) in [5.74, 6) is -0.475. The number of hydrogen-bond acceptors (Lipinski definition) is 5. The highest BCUT2D eigenvalue weighted by Crippen LogP contribution is 2.44. The summed E-state index contributed by atoms with van der Waals surface area (Å²) in [6.07, 6.45) is 1.17. The molecule has 2 rings (SSSR count). The molecule has 1 aliphatic carbocycles. The zero-order chi connectivity index (χ0) is 14.0. The Kier molecular flexibility index (Phi) is 3.71. The van der Waals surface area contributed by atoms with Crippen LogP contribution < -0.4 is 5.32 Å². The Bertz CT molecular complexity index is 459. The van der Waals surface area contributed by atoms with Crippen LogP contribution in [0.4, 0.5) is 5.82 Å². The summed E-state index contributed by atoms with van der Waals surface area (Å²) in [6.45, 7) is 7.00. The fourth-order valence-electron chi connectivity index (χ4n) is 2.32. The van der Waals surface area contributed by atoms with E-state index in [0.29, 0.717) is 12.4 Å². The first-order chi connectivity index (χ1) is 8.95. The van der Waals surface area contributed by atoms with Crippen LogP contribution in [-0.4, -0.2) is 40.0 Å². The number of nitrogens with zero attached hydrogens (tertiary/aromatic N) is 2. The van der Waals surface area contributed by atoms with Gasteiger partial charge in [-0.05, 0) is 25.5 Å². The van der Waals surface area contributed by atoms with Crippen LogP contribution in [0.5, 0.6) is 0 Å². The van der Waals surface area contributed by atoms with E-state index in [9.17, 15) is 4.79 Å². The maximum absolute atomic E-state index is 10.7. The fourth-order valence-corrected chi connectivity index (χ4v) is 2.32. The molecule has 19 heavy (non-hydrogen) atoms. The van der Waals surface area contributed by atoms with Crippen LogP contribution in [0.2, 0.25) is 0 Å². The minimum Gasteiger partial charge on any atom is -0.476 e. The van der Waals surface area contributed by atoms with E-state index in [1.54, 1.807) is 6.07 Å². The quantitative estimate of drug-likeness (QED) is 0.844. The zero-order valence-corrected chi connectivity index (χ0v) is 11.4. The topological polar surface area (TPSA) is 84.3 Å². The molecule has 1 heterocycles. The van der Waals surface area contributed by atoms with Crippen molar-refractivity contribution < 1.29 is 14.6 Å². The normalized spacial score (nSPS) is 24.6. The van der Waals surface area contributed by atoms with Gasteiger partial charge < -0.3 is 15.2 Å². The van der Waals surface area contributed by atoms with Gasteiger partial charge in [-0.3, -0.25) is 0 Å². The second kappa shape index (κ2) is 5.13. The first kappa shape index (κ1) is 13.7. The molecule has 2 atom stereocenters. The molecule has 0 radical (unpaired) electrons. The standard InChI is InChI=1S/C13H19N3O3/c1-4-19-10-7-9(13(10,2)3)14-11-6-5-8(12(17)18)15-16-11/h5-6,9-10H,4,7H2,1-3H3,(H,14,16)(H,17,18). The Morgan fingerprint density at radius 2 is 2.26 bits per heavy atom. The van der Waals surface area contributed by atoms with Gasteiger partial charge in [-0.1, -0.05) is 13.8 Å². The summed E-state index contributed by atoms with van der Waals surface area (Å²) in [7, 11) is 0. The van der Waals surface area contributed by atoms with E-state index in [1.807, 2.05) is 6.92 Å². The van der Waals surface area contributed by atoms with Crippen molar-refractivity contribution in [2.75, 3.05) is 11.9 Å². The second-order valence-corrected chi connectivity index (χ2v) is 5.31. The molecule has 0 spiro atoms. The van der Waals surface area contributed by atoms with Gasteiger partial charge in [0.15, 0.2) is 5.69 Å². The van der Waals surface area contributed by atoms with Gasteiger partial charge in [-0.2, -0.15) is 0 Å². The Hall–Kier alpha value is -1.69. The Morgan fingerprint density at radius 3 is 2.74 bits per heavy atom. The lowest BCUT2D eigenvalue weighted by atomic mass is 9.64. The largest absolute Gasteiger partial charge is 0.476 e.